The van der Waals surface area contributed by atoms with Gasteiger partial charge in [0, 0.05) is 0 Å². The zero-order valence-electron chi connectivity index (χ0n) is 16.5. The number of benzene rings is 2. The third kappa shape index (κ3) is 3.99. The normalized spacial score (nSPS) is 19.9. The summed E-state index contributed by atoms with van der Waals surface area (Å²) in [6, 6.07) is 13.1. The van der Waals surface area contributed by atoms with Crippen molar-refractivity contribution < 1.29 is 23.8 Å². The van der Waals surface area contributed by atoms with Gasteiger partial charge in [0.2, 0.25) is 5.91 Å². The Morgan fingerprint density at radius 3 is 2.72 bits per heavy atom. The summed E-state index contributed by atoms with van der Waals surface area (Å²) < 4.78 is 17.3. The highest BCUT2D eigenvalue weighted by molar-refractivity contribution is 6.03. The molecule has 7 nitrogen and oxygen atoms in total. The molecular formula is C22H24N2O5. The second-order valence-electron chi connectivity index (χ2n) is 7.21. The lowest BCUT2D eigenvalue weighted by Crippen LogP contribution is -2.51. The summed E-state index contributed by atoms with van der Waals surface area (Å²) in [5.41, 5.74) is 1.62. The van der Waals surface area contributed by atoms with Crippen LogP contribution in [0, 0.1) is 6.92 Å². The first-order valence-electron chi connectivity index (χ1n) is 9.79. The molecule has 2 aromatic carbocycles. The molecule has 7 heteroatoms. The number of fused-ring (bicyclic) bond motifs is 2. The molecule has 2 aliphatic rings. The summed E-state index contributed by atoms with van der Waals surface area (Å²) in [4.78, 5) is 26.9. The molecule has 0 fully saturated rings. The van der Waals surface area contributed by atoms with Crippen molar-refractivity contribution in [2.75, 3.05) is 24.6 Å². The van der Waals surface area contributed by atoms with Crippen LogP contribution in [0.2, 0.25) is 0 Å². The second-order valence-corrected chi connectivity index (χ2v) is 7.21. The second kappa shape index (κ2) is 8.03. The van der Waals surface area contributed by atoms with E-state index in [0.717, 1.165) is 5.56 Å². The van der Waals surface area contributed by atoms with Crippen LogP contribution < -0.4 is 24.4 Å². The van der Waals surface area contributed by atoms with Gasteiger partial charge in [0.05, 0.1) is 12.2 Å². The molecule has 1 N–H and O–H groups in total. The van der Waals surface area contributed by atoms with Crippen LogP contribution in [0.3, 0.4) is 0 Å². The molecule has 0 bridgehead atoms. The fraction of sp³-hybridized carbons (Fsp3) is 0.364. The van der Waals surface area contributed by atoms with Gasteiger partial charge >= 0.3 is 0 Å². The van der Waals surface area contributed by atoms with Gasteiger partial charge in [0.1, 0.15) is 25.0 Å². The number of carbonyl (C=O) groups is 2. The van der Waals surface area contributed by atoms with Crippen LogP contribution in [0.1, 0.15) is 18.9 Å². The highest BCUT2D eigenvalue weighted by Gasteiger charge is 2.34. The Labute approximate surface area is 169 Å². The number of aryl methyl sites for hydroxylation is 1. The van der Waals surface area contributed by atoms with Crippen LogP contribution >= 0.6 is 0 Å². The van der Waals surface area contributed by atoms with E-state index < -0.39 is 6.10 Å². The SMILES string of the molecule is CC[C@@H]1Oc2ccc(C)cc2N(CC(=O)NC[C@@H]2COc3ccccc3O2)C1=O. The molecule has 0 unspecified atom stereocenters. The maximum atomic E-state index is 12.8. The fourth-order valence-electron chi connectivity index (χ4n) is 3.45. The van der Waals surface area contributed by atoms with Gasteiger partial charge in [0.15, 0.2) is 17.6 Å². The van der Waals surface area contributed by atoms with E-state index in [4.69, 9.17) is 14.2 Å². The predicted octanol–water partition coefficient (Wildman–Crippen LogP) is 2.46. The summed E-state index contributed by atoms with van der Waals surface area (Å²) in [6.07, 6.45) is -0.326. The maximum Gasteiger partial charge on any atom is 0.268 e. The van der Waals surface area contributed by atoms with Crippen molar-refractivity contribution in [3.63, 3.8) is 0 Å². The molecule has 0 radical (unpaired) electrons. The number of anilines is 1. The number of nitrogens with zero attached hydrogens (tertiary/aromatic N) is 1. The highest BCUT2D eigenvalue weighted by Crippen LogP contribution is 2.35. The van der Waals surface area contributed by atoms with Crippen molar-refractivity contribution >= 4 is 17.5 Å². The van der Waals surface area contributed by atoms with E-state index in [1.54, 1.807) is 0 Å². The summed E-state index contributed by atoms with van der Waals surface area (Å²) in [5, 5.41) is 2.85. The number of hydrogen-bond acceptors (Lipinski definition) is 5. The molecule has 0 aromatic heterocycles. The smallest absolute Gasteiger partial charge is 0.268 e. The Morgan fingerprint density at radius 2 is 1.93 bits per heavy atom. The van der Waals surface area contributed by atoms with Crippen molar-refractivity contribution in [3.8, 4) is 17.2 Å². The average Bonchev–Trinajstić information content (AvgIpc) is 2.74. The zero-order valence-corrected chi connectivity index (χ0v) is 16.5. The number of nitrogens with one attached hydrogen (secondary N) is 1. The van der Waals surface area contributed by atoms with Crippen LogP contribution in [0.4, 0.5) is 5.69 Å². The third-order valence-electron chi connectivity index (χ3n) is 4.98. The molecule has 0 spiro atoms. The summed E-state index contributed by atoms with van der Waals surface area (Å²) in [6.45, 7) is 4.40. The monoisotopic (exact) mass is 396 g/mol. The van der Waals surface area contributed by atoms with Crippen molar-refractivity contribution in [2.45, 2.75) is 32.5 Å². The number of amides is 2. The lowest BCUT2D eigenvalue weighted by Gasteiger charge is -2.34. The number of hydrogen-bond donors (Lipinski definition) is 1. The summed E-state index contributed by atoms with van der Waals surface area (Å²) >= 11 is 0. The summed E-state index contributed by atoms with van der Waals surface area (Å²) in [5.74, 6) is 1.52. The van der Waals surface area contributed by atoms with Crippen molar-refractivity contribution in [3.05, 3.63) is 48.0 Å². The molecule has 2 atom stereocenters. The van der Waals surface area contributed by atoms with Gasteiger partial charge in [0.25, 0.3) is 5.91 Å². The molecule has 4 rings (SSSR count). The van der Waals surface area contributed by atoms with Crippen molar-refractivity contribution in [1.82, 2.24) is 5.32 Å². The first kappa shape index (κ1) is 19.1. The van der Waals surface area contributed by atoms with Crippen LogP contribution in [0.25, 0.3) is 0 Å². The minimum atomic E-state index is -0.579. The van der Waals surface area contributed by atoms with E-state index in [2.05, 4.69) is 5.32 Å². The largest absolute Gasteiger partial charge is 0.486 e. The first-order chi connectivity index (χ1) is 14.0. The first-order valence-corrected chi connectivity index (χ1v) is 9.79. The zero-order chi connectivity index (χ0) is 20.4. The van der Waals surface area contributed by atoms with Gasteiger partial charge in [-0.25, -0.2) is 0 Å². The van der Waals surface area contributed by atoms with E-state index in [9.17, 15) is 9.59 Å². The van der Waals surface area contributed by atoms with Crippen molar-refractivity contribution in [1.29, 1.82) is 0 Å². The van der Waals surface area contributed by atoms with E-state index in [0.29, 0.717) is 42.5 Å². The number of rotatable bonds is 5. The van der Waals surface area contributed by atoms with Crippen LogP contribution in [-0.4, -0.2) is 43.7 Å². The van der Waals surface area contributed by atoms with Crippen LogP contribution in [0.5, 0.6) is 17.2 Å². The highest BCUT2D eigenvalue weighted by atomic mass is 16.6. The molecule has 0 saturated heterocycles. The molecule has 2 amide bonds. The number of ether oxygens (including phenoxy) is 3. The van der Waals surface area contributed by atoms with Gasteiger partial charge in [-0.15, -0.1) is 0 Å². The van der Waals surface area contributed by atoms with Gasteiger partial charge in [-0.1, -0.05) is 25.1 Å². The standard InChI is InChI=1S/C22H24N2O5/c1-3-17-22(26)24(16-10-14(2)8-9-18(16)29-17)12-21(25)23-11-15-13-27-19-6-4-5-7-20(19)28-15/h4-10,15,17H,3,11-13H2,1-2H3,(H,23,25)/t15-,17+/m1/s1. The molecular weight excluding hydrogens is 372 g/mol. The Balaban J connectivity index is 1.40. The molecule has 0 saturated carbocycles. The van der Waals surface area contributed by atoms with E-state index in [1.165, 1.54) is 4.90 Å². The minimum absolute atomic E-state index is 0.0701. The van der Waals surface area contributed by atoms with Crippen LogP contribution in [-0.2, 0) is 9.59 Å². The summed E-state index contributed by atoms with van der Waals surface area (Å²) in [7, 11) is 0. The fourth-order valence-corrected chi connectivity index (χ4v) is 3.45. The quantitative estimate of drug-likeness (QED) is 0.840. The molecule has 2 aliphatic heterocycles. The lowest BCUT2D eigenvalue weighted by molar-refractivity contribution is -0.129. The van der Waals surface area contributed by atoms with Gasteiger partial charge in [-0.3, -0.25) is 14.5 Å². The van der Waals surface area contributed by atoms with Gasteiger partial charge in [-0.05, 0) is 43.2 Å². The third-order valence-corrected chi connectivity index (χ3v) is 4.98. The van der Waals surface area contributed by atoms with Gasteiger partial charge < -0.3 is 19.5 Å². The average molecular weight is 396 g/mol. The van der Waals surface area contributed by atoms with Crippen molar-refractivity contribution in [2.24, 2.45) is 0 Å². The Hall–Kier alpha value is -3.22. The Bertz CT molecular complexity index is 929. The van der Waals surface area contributed by atoms with Gasteiger partial charge in [-0.2, -0.15) is 0 Å². The van der Waals surface area contributed by atoms with E-state index in [1.807, 2.05) is 56.3 Å². The molecule has 2 aromatic rings. The Kier molecular flexibility index (Phi) is 5.29. The molecule has 0 aliphatic carbocycles. The van der Waals surface area contributed by atoms with E-state index in [-0.39, 0.29) is 24.5 Å². The molecule has 2 heterocycles. The maximum absolute atomic E-state index is 12.8. The van der Waals surface area contributed by atoms with E-state index >= 15 is 0 Å². The number of para-hydroxylation sites is 2. The molecule has 152 valence electrons. The topological polar surface area (TPSA) is 77.1 Å². The molecule has 29 heavy (non-hydrogen) atoms. The van der Waals surface area contributed by atoms with Crippen LogP contribution in [0.15, 0.2) is 42.5 Å². The lowest BCUT2D eigenvalue weighted by atomic mass is 10.1. The minimum Gasteiger partial charge on any atom is -0.486 e. The number of carbonyl (C=O) groups excluding carboxylic acids is 2. The Morgan fingerprint density at radius 1 is 1.14 bits per heavy atom. The predicted molar refractivity (Wildman–Crippen MR) is 108 cm³/mol.